The lowest BCUT2D eigenvalue weighted by molar-refractivity contribution is -0.167. The molecule has 0 bridgehead atoms. The minimum Gasteiger partial charge on any atom is -0.462 e. The Hall–Kier alpha value is -3.93. The van der Waals surface area contributed by atoms with Crippen LogP contribution in [0.25, 0.3) is 0 Å². The van der Waals surface area contributed by atoms with Crippen LogP contribution in [0.5, 0.6) is 0 Å². The first kappa shape index (κ1) is 58.1. The van der Waals surface area contributed by atoms with Crippen LogP contribution in [0.2, 0.25) is 0 Å². The molecule has 1 unspecified atom stereocenters. The third kappa shape index (κ3) is 47.1. The Morgan fingerprint density at radius 1 is 0.339 bits per heavy atom. The van der Waals surface area contributed by atoms with Gasteiger partial charge in [0.2, 0.25) is 0 Å². The topological polar surface area (TPSA) is 78.9 Å². The fourth-order valence-electron chi connectivity index (χ4n) is 6.32. The molecule has 0 saturated carbocycles. The van der Waals surface area contributed by atoms with Gasteiger partial charge in [-0.1, -0.05) is 214 Å². The van der Waals surface area contributed by atoms with E-state index in [2.05, 4.69) is 130 Å². The van der Waals surface area contributed by atoms with Crippen molar-refractivity contribution in [1.82, 2.24) is 0 Å². The van der Waals surface area contributed by atoms with E-state index in [1.165, 1.54) is 57.8 Å². The van der Waals surface area contributed by atoms with Crippen LogP contribution in [0.1, 0.15) is 207 Å². The zero-order chi connectivity index (χ0) is 45.1. The van der Waals surface area contributed by atoms with E-state index in [-0.39, 0.29) is 37.5 Å². The normalized spacial score (nSPS) is 13.0. The number of rotatable bonds is 43. The van der Waals surface area contributed by atoms with Crippen molar-refractivity contribution in [2.45, 2.75) is 213 Å². The number of carbonyl (C=O) groups is 3. The zero-order valence-electron chi connectivity index (χ0n) is 39.8. The molecular weight excluding hydrogens is 769 g/mol. The average Bonchev–Trinajstić information content (AvgIpc) is 3.27. The van der Waals surface area contributed by atoms with Gasteiger partial charge in [0.1, 0.15) is 13.2 Å². The summed E-state index contributed by atoms with van der Waals surface area (Å²) < 4.78 is 16.6. The highest BCUT2D eigenvalue weighted by Gasteiger charge is 2.19. The molecule has 0 aliphatic rings. The summed E-state index contributed by atoms with van der Waals surface area (Å²) in [6.45, 7) is 6.36. The van der Waals surface area contributed by atoms with E-state index in [1.807, 2.05) is 0 Å². The van der Waals surface area contributed by atoms with E-state index in [0.717, 1.165) is 103 Å². The van der Waals surface area contributed by atoms with Crippen LogP contribution < -0.4 is 0 Å². The Morgan fingerprint density at radius 2 is 0.629 bits per heavy atom. The lowest BCUT2D eigenvalue weighted by atomic mass is 10.1. The molecule has 0 aromatic rings. The largest absolute Gasteiger partial charge is 0.462 e. The first-order valence-electron chi connectivity index (χ1n) is 24.9. The van der Waals surface area contributed by atoms with Crippen LogP contribution in [0.3, 0.4) is 0 Å². The van der Waals surface area contributed by atoms with E-state index in [1.54, 1.807) is 0 Å². The molecule has 0 aliphatic heterocycles. The summed E-state index contributed by atoms with van der Waals surface area (Å²) in [6, 6.07) is 0. The van der Waals surface area contributed by atoms with Gasteiger partial charge in [0.05, 0.1) is 0 Å². The standard InChI is InChI=1S/C56H90O6/c1-4-7-10-13-16-18-19-20-21-22-23-24-25-26-27-28-29-30-31-32-33-34-35-36-37-39-40-43-46-49-55(58)61-52-53(51-60-54(57)48-45-42-15-12-9-6-3)62-56(59)50-47-44-41-38-17-14-11-8-5-2/h7,10,16,18,20-21,23-24,26-27,29-30,32-33,35-36,39-40,53H,4-6,8-9,11-15,17,19,22,25,28,31,34,37-38,41-52H2,1-3H3/b10-7-,18-16-,21-20-,24-23-,27-26-,30-29-,33-32-,36-35-,40-39-. The third-order valence-corrected chi connectivity index (χ3v) is 10.0. The molecule has 1 atom stereocenters. The predicted octanol–water partition coefficient (Wildman–Crippen LogP) is 16.4. The third-order valence-electron chi connectivity index (χ3n) is 10.0. The summed E-state index contributed by atoms with van der Waals surface area (Å²) in [5, 5.41) is 0. The van der Waals surface area contributed by atoms with Crippen molar-refractivity contribution in [3.05, 3.63) is 109 Å². The van der Waals surface area contributed by atoms with E-state index < -0.39 is 6.10 Å². The Bertz CT molecular complexity index is 1310. The van der Waals surface area contributed by atoms with E-state index in [0.29, 0.717) is 19.3 Å². The van der Waals surface area contributed by atoms with Crippen LogP contribution >= 0.6 is 0 Å². The van der Waals surface area contributed by atoms with Crippen molar-refractivity contribution in [2.75, 3.05) is 13.2 Å². The monoisotopic (exact) mass is 859 g/mol. The molecule has 0 heterocycles. The molecule has 0 radical (unpaired) electrons. The van der Waals surface area contributed by atoms with Crippen molar-refractivity contribution in [3.8, 4) is 0 Å². The smallest absolute Gasteiger partial charge is 0.306 e. The number of unbranched alkanes of at least 4 members (excludes halogenated alkanes) is 14. The molecule has 0 saturated heterocycles. The number of carbonyl (C=O) groups excluding carboxylic acids is 3. The number of ether oxygens (including phenoxy) is 3. The Kier molecular flexibility index (Phi) is 46.6. The van der Waals surface area contributed by atoms with Gasteiger partial charge in [-0.15, -0.1) is 0 Å². The molecular formula is C56H90O6. The predicted molar refractivity (Wildman–Crippen MR) is 265 cm³/mol. The lowest BCUT2D eigenvalue weighted by Crippen LogP contribution is -2.30. The van der Waals surface area contributed by atoms with Gasteiger partial charge in [-0.2, -0.15) is 0 Å². The number of hydrogen-bond acceptors (Lipinski definition) is 6. The summed E-state index contributed by atoms with van der Waals surface area (Å²) in [4.78, 5) is 37.5. The summed E-state index contributed by atoms with van der Waals surface area (Å²) in [5.74, 6) is -0.980. The summed E-state index contributed by atoms with van der Waals surface area (Å²) in [7, 11) is 0. The molecule has 0 aromatic carbocycles. The minimum atomic E-state index is -0.795. The Morgan fingerprint density at radius 3 is 0.984 bits per heavy atom. The molecule has 0 aliphatic carbocycles. The molecule has 0 spiro atoms. The summed E-state index contributed by atoms with van der Waals surface area (Å²) >= 11 is 0. The lowest BCUT2D eigenvalue weighted by Gasteiger charge is -2.18. The summed E-state index contributed by atoms with van der Waals surface area (Å²) in [5.41, 5.74) is 0. The fourth-order valence-corrected chi connectivity index (χ4v) is 6.32. The van der Waals surface area contributed by atoms with Crippen LogP contribution in [-0.4, -0.2) is 37.2 Å². The van der Waals surface area contributed by atoms with E-state index in [9.17, 15) is 14.4 Å². The van der Waals surface area contributed by atoms with Crippen LogP contribution in [0.4, 0.5) is 0 Å². The summed E-state index contributed by atoms with van der Waals surface area (Å²) in [6.07, 6.45) is 66.9. The first-order chi connectivity index (χ1) is 30.5. The van der Waals surface area contributed by atoms with Crippen molar-refractivity contribution in [3.63, 3.8) is 0 Å². The molecule has 0 fully saturated rings. The highest BCUT2D eigenvalue weighted by atomic mass is 16.6. The van der Waals surface area contributed by atoms with Gasteiger partial charge in [0.15, 0.2) is 6.10 Å². The van der Waals surface area contributed by atoms with Gasteiger partial charge < -0.3 is 14.2 Å². The van der Waals surface area contributed by atoms with E-state index in [4.69, 9.17) is 14.2 Å². The van der Waals surface area contributed by atoms with Crippen molar-refractivity contribution >= 4 is 17.9 Å². The van der Waals surface area contributed by atoms with Crippen LogP contribution in [-0.2, 0) is 28.6 Å². The van der Waals surface area contributed by atoms with Gasteiger partial charge >= 0.3 is 17.9 Å². The van der Waals surface area contributed by atoms with Gasteiger partial charge in [0, 0.05) is 19.3 Å². The quantitative estimate of drug-likeness (QED) is 0.0263. The highest BCUT2D eigenvalue weighted by Crippen LogP contribution is 2.13. The van der Waals surface area contributed by atoms with Gasteiger partial charge in [0.25, 0.3) is 0 Å². The van der Waals surface area contributed by atoms with Crippen LogP contribution in [0, 0.1) is 0 Å². The Balaban J connectivity index is 4.23. The molecule has 0 N–H and O–H groups in total. The van der Waals surface area contributed by atoms with Gasteiger partial charge in [-0.05, 0) is 83.5 Å². The molecule has 62 heavy (non-hydrogen) atoms. The minimum absolute atomic E-state index is 0.0963. The highest BCUT2D eigenvalue weighted by molar-refractivity contribution is 5.71. The molecule has 0 amide bonds. The number of hydrogen-bond donors (Lipinski definition) is 0. The maximum atomic E-state index is 12.6. The van der Waals surface area contributed by atoms with Crippen LogP contribution in [0.15, 0.2) is 109 Å². The molecule has 0 rings (SSSR count). The van der Waals surface area contributed by atoms with Crippen molar-refractivity contribution in [1.29, 1.82) is 0 Å². The molecule has 6 heteroatoms. The number of esters is 3. The zero-order valence-corrected chi connectivity index (χ0v) is 39.8. The fraction of sp³-hybridized carbons (Fsp3) is 0.625. The SMILES string of the molecule is CC/C=C\C/C=C\C/C=C\C/C=C\C/C=C\C/C=C\C/C=C\C/C=C\C/C=C\CCCC(=O)OCC(COC(=O)CCCCCCCC)OC(=O)CCCCCCCCCCC. The molecule has 350 valence electrons. The van der Waals surface area contributed by atoms with Gasteiger partial charge in [-0.25, -0.2) is 0 Å². The maximum absolute atomic E-state index is 12.6. The number of allylic oxidation sites excluding steroid dienone is 18. The second-order valence-electron chi connectivity index (χ2n) is 16.0. The maximum Gasteiger partial charge on any atom is 0.306 e. The molecule has 6 nitrogen and oxygen atoms in total. The second-order valence-corrected chi connectivity index (χ2v) is 16.0. The van der Waals surface area contributed by atoms with Crippen molar-refractivity contribution in [2.24, 2.45) is 0 Å². The van der Waals surface area contributed by atoms with Gasteiger partial charge in [-0.3, -0.25) is 14.4 Å². The first-order valence-corrected chi connectivity index (χ1v) is 24.9. The van der Waals surface area contributed by atoms with E-state index >= 15 is 0 Å². The average molecular weight is 859 g/mol. The molecule has 0 aromatic heterocycles. The second kappa shape index (κ2) is 49.7. The Labute approximate surface area is 380 Å². The van der Waals surface area contributed by atoms with Crippen molar-refractivity contribution < 1.29 is 28.6 Å².